The van der Waals surface area contributed by atoms with Gasteiger partial charge in [-0.15, -0.1) is 0 Å². The van der Waals surface area contributed by atoms with Crippen molar-refractivity contribution in [3.05, 3.63) is 35.4 Å². The first kappa shape index (κ1) is 14.6. The number of hydrogen-bond acceptors (Lipinski definition) is 3. The molecule has 0 saturated carbocycles. The fourth-order valence-corrected chi connectivity index (χ4v) is 1.87. The summed E-state index contributed by atoms with van der Waals surface area (Å²) in [6, 6.07) is 3.81. The summed E-state index contributed by atoms with van der Waals surface area (Å²) in [4.78, 5) is 21.7. The molecule has 1 rings (SSSR count). The number of carbonyl (C=O) groups excluding carboxylic acids is 1. The standard InChI is InChI=1S/C11H9F3O3S/c12-11(13,14)8-3-1-7(2-4-8)10(17)18-6-5-9(15)16/h1-4H,5-6H2,(H,15,16). The van der Waals surface area contributed by atoms with E-state index >= 15 is 0 Å². The molecule has 0 unspecified atom stereocenters. The lowest BCUT2D eigenvalue weighted by Gasteiger charge is -2.06. The summed E-state index contributed by atoms with van der Waals surface area (Å²) >= 11 is 0.770. The van der Waals surface area contributed by atoms with Crippen LogP contribution in [0.25, 0.3) is 0 Å². The van der Waals surface area contributed by atoms with E-state index in [-0.39, 0.29) is 17.7 Å². The van der Waals surface area contributed by atoms with Gasteiger partial charge in [-0.05, 0) is 24.3 Å². The van der Waals surface area contributed by atoms with E-state index in [1.165, 1.54) is 0 Å². The Kier molecular flexibility index (Phi) is 4.77. The Morgan fingerprint density at radius 3 is 2.17 bits per heavy atom. The molecule has 0 radical (unpaired) electrons. The second kappa shape index (κ2) is 5.90. The summed E-state index contributed by atoms with van der Waals surface area (Å²) in [5, 5.41) is 7.93. The first-order valence-electron chi connectivity index (χ1n) is 4.87. The van der Waals surface area contributed by atoms with Crippen LogP contribution in [0.4, 0.5) is 13.2 Å². The van der Waals surface area contributed by atoms with Crippen molar-refractivity contribution in [3.63, 3.8) is 0 Å². The third-order valence-corrected chi connectivity index (χ3v) is 2.90. The second-order valence-corrected chi connectivity index (χ2v) is 4.42. The molecule has 0 atom stereocenters. The van der Waals surface area contributed by atoms with Gasteiger partial charge in [0.2, 0.25) is 5.12 Å². The van der Waals surface area contributed by atoms with Crippen LogP contribution in [0, 0.1) is 0 Å². The van der Waals surface area contributed by atoms with Gasteiger partial charge in [0.25, 0.3) is 0 Å². The van der Waals surface area contributed by atoms with Gasteiger partial charge >= 0.3 is 12.1 Å². The number of aliphatic carboxylic acids is 1. The van der Waals surface area contributed by atoms with Gasteiger partial charge in [-0.25, -0.2) is 0 Å². The van der Waals surface area contributed by atoms with E-state index in [0.717, 1.165) is 36.0 Å². The molecule has 0 spiro atoms. The van der Waals surface area contributed by atoms with Crippen LogP contribution in [-0.4, -0.2) is 21.9 Å². The highest BCUT2D eigenvalue weighted by Gasteiger charge is 2.30. The smallest absolute Gasteiger partial charge is 0.416 e. The van der Waals surface area contributed by atoms with E-state index in [9.17, 15) is 22.8 Å². The maximum absolute atomic E-state index is 12.3. The summed E-state index contributed by atoms with van der Waals surface area (Å²) in [6.45, 7) is 0. The van der Waals surface area contributed by atoms with Crippen LogP contribution in [0.2, 0.25) is 0 Å². The first-order valence-corrected chi connectivity index (χ1v) is 5.85. The Morgan fingerprint density at radius 1 is 1.17 bits per heavy atom. The van der Waals surface area contributed by atoms with Gasteiger partial charge in [-0.2, -0.15) is 13.2 Å². The molecule has 0 saturated heterocycles. The maximum atomic E-state index is 12.3. The molecule has 0 fully saturated rings. The highest BCUT2D eigenvalue weighted by atomic mass is 32.2. The lowest BCUT2D eigenvalue weighted by molar-refractivity contribution is -0.138. The summed E-state index contributed by atoms with van der Waals surface area (Å²) in [5.41, 5.74) is -0.701. The number of hydrogen-bond donors (Lipinski definition) is 1. The normalized spacial score (nSPS) is 11.3. The van der Waals surface area contributed by atoms with Gasteiger partial charge < -0.3 is 5.11 Å². The maximum Gasteiger partial charge on any atom is 0.416 e. The lowest BCUT2D eigenvalue weighted by Crippen LogP contribution is -2.05. The predicted molar refractivity (Wildman–Crippen MR) is 60.5 cm³/mol. The minimum atomic E-state index is -4.43. The zero-order chi connectivity index (χ0) is 13.8. The average molecular weight is 278 g/mol. The SMILES string of the molecule is O=C(O)CCSC(=O)c1ccc(C(F)(F)F)cc1. The van der Waals surface area contributed by atoms with E-state index in [0.29, 0.717) is 0 Å². The van der Waals surface area contributed by atoms with E-state index in [2.05, 4.69) is 0 Å². The molecule has 1 aromatic rings. The molecule has 1 N–H and O–H groups in total. The molecule has 0 aliphatic carbocycles. The third kappa shape index (κ3) is 4.40. The van der Waals surface area contributed by atoms with Gasteiger partial charge in [0, 0.05) is 11.3 Å². The molecule has 0 heterocycles. The van der Waals surface area contributed by atoms with E-state index in [1.807, 2.05) is 0 Å². The molecule has 18 heavy (non-hydrogen) atoms. The Hall–Kier alpha value is -1.50. The lowest BCUT2D eigenvalue weighted by atomic mass is 10.1. The quantitative estimate of drug-likeness (QED) is 0.919. The minimum absolute atomic E-state index is 0.0924. The molecule has 7 heteroatoms. The zero-order valence-corrected chi connectivity index (χ0v) is 9.85. The molecule has 0 bridgehead atoms. The number of halogens is 3. The van der Waals surface area contributed by atoms with Crippen molar-refractivity contribution in [2.75, 3.05) is 5.75 Å². The Labute approximate surface area is 105 Å². The van der Waals surface area contributed by atoms with Crippen LogP contribution >= 0.6 is 11.8 Å². The fraction of sp³-hybridized carbons (Fsp3) is 0.273. The predicted octanol–water partition coefficient (Wildman–Crippen LogP) is 3.05. The number of carbonyl (C=O) groups is 2. The minimum Gasteiger partial charge on any atom is -0.481 e. The molecule has 0 aliphatic rings. The van der Waals surface area contributed by atoms with Crippen molar-refractivity contribution in [1.29, 1.82) is 0 Å². The van der Waals surface area contributed by atoms with Crippen molar-refractivity contribution >= 4 is 22.8 Å². The number of carboxylic acids is 1. The van der Waals surface area contributed by atoms with E-state index in [4.69, 9.17) is 5.11 Å². The average Bonchev–Trinajstić information content (AvgIpc) is 2.27. The third-order valence-electron chi connectivity index (χ3n) is 2.00. The van der Waals surface area contributed by atoms with Gasteiger partial charge in [0.05, 0.1) is 12.0 Å². The van der Waals surface area contributed by atoms with E-state index in [1.54, 1.807) is 0 Å². The first-order chi connectivity index (χ1) is 8.30. The van der Waals surface area contributed by atoms with Crippen molar-refractivity contribution < 1.29 is 27.9 Å². The van der Waals surface area contributed by atoms with Crippen molar-refractivity contribution in [2.24, 2.45) is 0 Å². The molecular weight excluding hydrogens is 269 g/mol. The van der Waals surface area contributed by atoms with Crippen LogP contribution in [-0.2, 0) is 11.0 Å². The van der Waals surface area contributed by atoms with Gasteiger partial charge in [-0.1, -0.05) is 11.8 Å². The number of thioether (sulfide) groups is 1. The highest BCUT2D eigenvalue weighted by molar-refractivity contribution is 8.14. The Bertz CT molecular complexity index is 440. The van der Waals surface area contributed by atoms with Crippen LogP contribution in [0.1, 0.15) is 22.3 Å². The number of carboxylic acid groups (broad SMARTS) is 1. The van der Waals surface area contributed by atoms with Gasteiger partial charge in [0.1, 0.15) is 0 Å². The molecule has 0 aliphatic heterocycles. The zero-order valence-electron chi connectivity index (χ0n) is 9.03. The van der Waals surface area contributed by atoms with Crippen LogP contribution in [0.5, 0.6) is 0 Å². The Morgan fingerprint density at radius 2 is 1.72 bits per heavy atom. The number of alkyl halides is 3. The van der Waals surface area contributed by atoms with Crippen LogP contribution < -0.4 is 0 Å². The van der Waals surface area contributed by atoms with E-state index < -0.39 is 22.8 Å². The fourth-order valence-electron chi connectivity index (χ4n) is 1.11. The second-order valence-electron chi connectivity index (χ2n) is 3.35. The molecular formula is C11H9F3O3S. The summed E-state index contributed by atoms with van der Waals surface area (Å²) in [7, 11) is 0. The molecule has 0 amide bonds. The number of rotatable bonds is 4. The Balaban J connectivity index is 2.62. The molecule has 1 aromatic carbocycles. The monoisotopic (exact) mass is 278 g/mol. The molecule has 3 nitrogen and oxygen atoms in total. The highest BCUT2D eigenvalue weighted by Crippen LogP contribution is 2.29. The van der Waals surface area contributed by atoms with Crippen LogP contribution in [0.3, 0.4) is 0 Å². The number of benzene rings is 1. The molecule has 98 valence electrons. The van der Waals surface area contributed by atoms with Gasteiger partial charge in [-0.3, -0.25) is 9.59 Å². The summed E-state index contributed by atoms with van der Waals surface area (Å²) in [6.07, 6.45) is -4.60. The van der Waals surface area contributed by atoms with Crippen molar-refractivity contribution in [2.45, 2.75) is 12.6 Å². The van der Waals surface area contributed by atoms with Gasteiger partial charge in [0.15, 0.2) is 0 Å². The summed E-state index contributed by atoms with van der Waals surface area (Å²) < 4.78 is 36.8. The summed E-state index contributed by atoms with van der Waals surface area (Å²) in [5.74, 6) is -0.933. The van der Waals surface area contributed by atoms with Crippen LogP contribution in [0.15, 0.2) is 24.3 Å². The largest absolute Gasteiger partial charge is 0.481 e. The molecule has 0 aromatic heterocycles. The van der Waals surface area contributed by atoms with Crippen molar-refractivity contribution in [1.82, 2.24) is 0 Å². The van der Waals surface area contributed by atoms with Crippen molar-refractivity contribution in [3.8, 4) is 0 Å². The topological polar surface area (TPSA) is 54.4 Å².